The summed E-state index contributed by atoms with van der Waals surface area (Å²) >= 11 is 0. The third-order valence-electron chi connectivity index (χ3n) is 3.65. The summed E-state index contributed by atoms with van der Waals surface area (Å²) in [6.45, 7) is 7.29. The zero-order valence-corrected chi connectivity index (χ0v) is 12.6. The smallest absolute Gasteiger partial charge is 0.119 e. The molecule has 1 aliphatic heterocycles. The van der Waals surface area contributed by atoms with Crippen LogP contribution in [0.3, 0.4) is 0 Å². The maximum atomic E-state index is 5.63. The van der Waals surface area contributed by atoms with Crippen LogP contribution in [0.2, 0.25) is 0 Å². The molecule has 0 radical (unpaired) electrons. The fraction of sp³-hybridized carbons (Fsp3) is 0.625. The van der Waals surface area contributed by atoms with Gasteiger partial charge in [0.15, 0.2) is 0 Å². The van der Waals surface area contributed by atoms with E-state index < -0.39 is 0 Å². The van der Waals surface area contributed by atoms with Crippen molar-refractivity contribution < 1.29 is 14.2 Å². The summed E-state index contributed by atoms with van der Waals surface area (Å²) in [5.74, 6) is 0.916. The number of ether oxygens (including phenoxy) is 3. The Morgan fingerprint density at radius 2 is 2.25 bits per heavy atom. The van der Waals surface area contributed by atoms with Gasteiger partial charge >= 0.3 is 0 Å². The van der Waals surface area contributed by atoms with Crippen LogP contribution in [0, 0.1) is 6.92 Å². The Labute approximate surface area is 121 Å². The van der Waals surface area contributed by atoms with Gasteiger partial charge in [-0.3, -0.25) is 0 Å². The predicted molar refractivity (Wildman–Crippen MR) is 79.5 cm³/mol. The Balaban J connectivity index is 1.80. The van der Waals surface area contributed by atoms with E-state index in [1.165, 1.54) is 11.1 Å². The highest BCUT2D eigenvalue weighted by atomic mass is 16.6. The number of aryl methyl sites for hydroxylation is 1. The summed E-state index contributed by atoms with van der Waals surface area (Å²) in [6, 6.07) is 6.66. The van der Waals surface area contributed by atoms with Crippen LogP contribution in [0.25, 0.3) is 0 Å². The van der Waals surface area contributed by atoms with E-state index in [2.05, 4.69) is 31.3 Å². The molecule has 0 spiro atoms. The molecule has 1 aromatic rings. The molecule has 0 bridgehead atoms. The molecule has 112 valence electrons. The minimum absolute atomic E-state index is 0.183. The molecule has 1 N–H and O–H groups in total. The minimum Gasteiger partial charge on any atom is -0.497 e. The third kappa shape index (κ3) is 4.47. The summed E-state index contributed by atoms with van der Waals surface area (Å²) in [7, 11) is 1.70. The first-order chi connectivity index (χ1) is 9.69. The fourth-order valence-corrected chi connectivity index (χ4v) is 2.41. The summed E-state index contributed by atoms with van der Waals surface area (Å²) < 4.78 is 16.3. The highest BCUT2D eigenvalue weighted by molar-refractivity contribution is 5.35. The van der Waals surface area contributed by atoms with Gasteiger partial charge in [0.1, 0.15) is 5.75 Å². The lowest BCUT2D eigenvalue weighted by molar-refractivity contribution is -0.0869. The number of nitrogens with one attached hydrogen (secondary N) is 1. The molecule has 0 aliphatic carbocycles. The number of hydrogen-bond acceptors (Lipinski definition) is 4. The standard InChI is InChI=1S/C16H25NO3/c1-12-8-15(18-3)5-4-14(12)9-13(2)17-10-16-11-19-6-7-20-16/h4-5,8,13,16-17H,6-7,9-11H2,1-3H3/t13?,16-/m0/s1. The fourth-order valence-electron chi connectivity index (χ4n) is 2.41. The zero-order valence-electron chi connectivity index (χ0n) is 12.6. The second-order valence-electron chi connectivity index (χ2n) is 5.37. The lowest BCUT2D eigenvalue weighted by Gasteiger charge is -2.25. The van der Waals surface area contributed by atoms with Crippen molar-refractivity contribution in [3.63, 3.8) is 0 Å². The van der Waals surface area contributed by atoms with Gasteiger partial charge in [-0.1, -0.05) is 6.07 Å². The lowest BCUT2D eigenvalue weighted by Crippen LogP contribution is -2.41. The van der Waals surface area contributed by atoms with Gasteiger partial charge in [-0.25, -0.2) is 0 Å². The van der Waals surface area contributed by atoms with Crippen molar-refractivity contribution in [3.8, 4) is 5.75 Å². The molecule has 1 heterocycles. The molecular weight excluding hydrogens is 254 g/mol. The van der Waals surface area contributed by atoms with Gasteiger partial charge in [0.2, 0.25) is 0 Å². The van der Waals surface area contributed by atoms with E-state index in [0.29, 0.717) is 19.3 Å². The molecule has 1 aliphatic rings. The molecule has 2 rings (SSSR count). The Morgan fingerprint density at radius 3 is 2.90 bits per heavy atom. The van der Waals surface area contributed by atoms with Crippen LogP contribution in [0.15, 0.2) is 18.2 Å². The molecular formula is C16H25NO3. The Kier molecular flexibility index (Phi) is 5.83. The van der Waals surface area contributed by atoms with E-state index in [1.54, 1.807) is 7.11 Å². The van der Waals surface area contributed by atoms with Crippen molar-refractivity contribution in [1.29, 1.82) is 0 Å². The van der Waals surface area contributed by atoms with Gasteiger partial charge in [0.25, 0.3) is 0 Å². The molecule has 1 fully saturated rings. The maximum Gasteiger partial charge on any atom is 0.119 e. The normalized spacial score (nSPS) is 20.6. The van der Waals surface area contributed by atoms with Gasteiger partial charge < -0.3 is 19.5 Å². The van der Waals surface area contributed by atoms with Crippen LogP contribution in [-0.2, 0) is 15.9 Å². The summed E-state index contributed by atoms with van der Waals surface area (Å²) in [5.41, 5.74) is 2.63. The van der Waals surface area contributed by atoms with Crippen LogP contribution in [0.5, 0.6) is 5.75 Å². The number of hydrogen-bond donors (Lipinski definition) is 1. The summed E-state index contributed by atoms with van der Waals surface area (Å²) in [6.07, 6.45) is 1.19. The van der Waals surface area contributed by atoms with Crippen molar-refractivity contribution in [3.05, 3.63) is 29.3 Å². The average molecular weight is 279 g/mol. The second-order valence-corrected chi connectivity index (χ2v) is 5.37. The molecule has 2 atom stereocenters. The van der Waals surface area contributed by atoms with Crippen molar-refractivity contribution in [2.75, 3.05) is 33.5 Å². The van der Waals surface area contributed by atoms with Crippen LogP contribution in [0.1, 0.15) is 18.1 Å². The molecule has 1 saturated heterocycles. The highest BCUT2D eigenvalue weighted by Crippen LogP contribution is 2.18. The monoisotopic (exact) mass is 279 g/mol. The second kappa shape index (κ2) is 7.62. The minimum atomic E-state index is 0.183. The van der Waals surface area contributed by atoms with Crippen molar-refractivity contribution >= 4 is 0 Å². The van der Waals surface area contributed by atoms with E-state index in [9.17, 15) is 0 Å². The van der Waals surface area contributed by atoms with Crippen molar-refractivity contribution in [1.82, 2.24) is 5.32 Å². The van der Waals surface area contributed by atoms with Crippen LogP contribution < -0.4 is 10.1 Å². The Bertz CT molecular complexity index is 416. The van der Waals surface area contributed by atoms with Gasteiger partial charge in [0.05, 0.1) is 33.0 Å². The number of rotatable bonds is 6. The SMILES string of the molecule is COc1ccc(CC(C)NC[C@H]2COCCO2)c(C)c1. The first-order valence-corrected chi connectivity index (χ1v) is 7.25. The van der Waals surface area contributed by atoms with Crippen molar-refractivity contribution in [2.45, 2.75) is 32.4 Å². The predicted octanol–water partition coefficient (Wildman–Crippen LogP) is 1.94. The van der Waals surface area contributed by atoms with Crippen molar-refractivity contribution in [2.24, 2.45) is 0 Å². The Morgan fingerprint density at radius 1 is 1.40 bits per heavy atom. The van der Waals surface area contributed by atoms with E-state index >= 15 is 0 Å². The van der Waals surface area contributed by atoms with Gasteiger partial charge in [-0.05, 0) is 43.5 Å². The average Bonchev–Trinajstić information content (AvgIpc) is 2.48. The quantitative estimate of drug-likeness (QED) is 0.864. The van der Waals surface area contributed by atoms with E-state index in [1.807, 2.05) is 6.07 Å². The molecule has 4 nitrogen and oxygen atoms in total. The molecule has 1 aromatic carbocycles. The first-order valence-electron chi connectivity index (χ1n) is 7.25. The number of methoxy groups -OCH3 is 1. The first kappa shape index (κ1) is 15.3. The van der Waals surface area contributed by atoms with E-state index in [0.717, 1.165) is 25.3 Å². The summed E-state index contributed by atoms with van der Waals surface area (Å²) in [5, 5.41) is 3.52. The molecule has 20 heavy (non-hydrogen) atoms. The van der Waals surface area contributed by atoms with Gasteiger partial charge in [0, 0.05) is 12.6 Å². The van der Waals surface area contributed by atoms with Gasteiger partial charge in [-0.15, -0.1) is 0 Å². The molecule has 4 heteroatoms. The number of benzene rings is 1. The van der Waals surface area contributed by atoms with E-state index in [4.69, 9.17) is 14.2 Å². The molecule has 0 aromatic heterocycles. The van der Waals surface area contributed by atoms with Gasteiger partial charge in [-0.2, -0.15) is 0 Å². The topological polar surface area (TPSA) is 39.7 Å². The summed E-state index contributed by atoms with van der Waals surface area (Å²) in [4.78, 5) is 0. The van der Waals surface area contributed by atoms with E-state index in [-0.39, 0.29) is 6.10 Å². The highest BCUT2D eigenvalue weighted by Gasteiger charge is 2.15. The van der Waals surface area contributed by atoms with Crippen LogP contribution in [-0.4, -0.2) is 45.6 Å². The molecule has 0 amide bonds. The molecule has 0 saturated carbocycles. The largest absolute Gasteiger partial charge is 0.497 e. The van der Waals surface area contributed by atoms with Crippen LogP contribution >= 0.6 is 0 Å². The zero-order chi connectivity index (χ0) is 14.4. The molecule has 1 unspecified atom stereocenters. The maximum absolute atomic E-state index is 5.63. The van der Waals surface area contributed by atoms with Crippen LogP contribution in [0.4, 0.5) is 0 Å². The third-order valence-corrected chi connectivity index (χ3v) is 3.65. The Hall–Kier alpha value is -1.10. The lowest BCUT2D eigenvalue weighted by atomic mass is 10.0.